The highest BCUT2D eigenvalue weighted by atomic mass is 32.8. The van der Waals surface area contributed by atoms with Crippen LogP contribution in [0.1, 0.15) is 0 Å². The molecule has 5 heavy (non-hydrogen) atoms. The molecule has 0 spiro atoms. The van der Waals surface area contributed by atoms with E-state index in [1.807, 2.05) is 0 Å². The first-order valence-corrected chi connectivity index (χ1v) is 5.80. The van der Waals surface area contributed by atoms with Crippen LogP contribution in [0.15, 0.2) is 0 Å². The SMILES string of the molecule is CS(C)(C)P. The predicted octanol–water partition coefficient (Wildman–Crippen LogP) is 1.47. The van der Waals surface area contributed by atoms with E-state index in [0.29, 0.717) is 0 Å². The van der Waals surface area contributed by atoms with Crippen molar-refractivity contribution < 1.29 is 0 Å². The quantitative estimate of drug-likeness (QED) is 0.414. The summed E-state index contributed by atoms with van der Waals surface area (Å²) < 4.78 is 0. The Morgan fingerprint density at radius 1 is 1.20 bits per heavy atom. The Morgan fingerprint density at radius 2 is 1.20 bits per heavy atom. The molecule has 0 aliphatic heterocycles. The first-order valence-electron chi connectivity index (χ1n) is 1.46. The maximum atomic E-state index is 2.80. The van der Waals surface area contributed by atoms with Crippen LogP contribution in [0.2, 0.25) is 0 Å². The Hall–Kier alpha value is 0.780. The van der Waals surface area contributed by atoms with E-state index in [1.165, 1.54) is 0 Å². The molecule has 0 nitrogen and oxygen atoms in total. The Morgan fingerprint density at radius 3 is 1.20 bits per heavy atom. The van der Waals surface area contributed by atoms with Gasteiger partial charge in [-0.25, -0.2) is 9.65 Å². The van der Waals surface area contributed by atoms with Crippen molar-refractivity contribution in [3.8, 4) is 0 Å². The summed E-state index contributed by atoms with van der Waals surface area (Å²) in [6, 6.07) is 0. The van der Waals surface area contributed by atoms with Crippen molar-refractivity contribution in [1.29, 1.82) is 0 Å². The third kappa shape index (κ3) is 60.7. The van der Waals surface area contributed by atoms with Gasteiger partial charge in [-0.2, -0.15) is 0 Å². The summed E-state index contributed by atoms with van der Waals surface area (Å²) >= 11 is 0. The molecule has 0 bridgehead atoms. The maximum Gasteiger partial charge on any atom is -0.0319 e. The van der Waals surface area contributed by atoms with Crippen molar-refractivity contribution in [3.05, 3.63) is 0 Å². The van der Waals surface area contributed by atoms with Crippen LogP contribution in [-0.4, -0.2) is 18.8 Å². The molecular weight excluding hydrogens is 99.1 g/mol. The largest absolute Gasteiger partial charge is 0.234 e. The fourth-order valence-electron chi connectivity index (χ4n) is 0. The van der Waals surface area contributed by atoms with E-state index in [1.54, 1.807) is 0 Å². The van der Waals surface area contributed by atoms with Gasteiger partial charge in [-0.15, -0.1) is 0 Å². The first-order chi connectivity index (χ1) is 2.00. The molecule has 1 atom stereocenters. The summed E-state index contributed by atoms with van der Waals surface area (Å²) in [4.78, 5) is 0. The molecule has 0 N–H and O–H groups in total. The number of hydrogen-bond acceptors (Lipinski definition) is 0. The van der Waals surface area contributed by atoms with Crippen LogP contribution in [0.3, 0.4) is 0 Å². The van der Waals surface area contributed by atoms with Gasteiger partial charge in [0.2, 0.25) is 0 Å². The monoisotopic (exact) mass is 110 g/mol. The van der Waals surface area contributed by atoms with Gasteiger partial charge in [0, 0.05) is 0 Å². The van der Waals surface area contributed by atoms with Crippen LogP contribution >= 0.6 is 18.1 Å². The topological polar surface area (TPSA) is 0 Å². The van der Waals surface area contributed by atoms with Gasteiger partial charge in [-0.05, 0) is 18.8 Å². The van der Waals surface area contributed by atoms with Gasteiger partial charge in [0.05, 0.1) is 0 Å². The lowest BCUT2D eigenvalue weighted by Crippen LogP contribution is -1.72. The first kappa shape index (κ1) is 5.78. The molecule has 1 unspecified atom stereocenters. The van der Waals surface area contributed by atoms with Crippen molar-refractivity contribution >= 4 is 18.1 Å². The molecule has 34 valence electrons. The molecular formula is C3H11PS. The van der Waals surface area contributed by atoms with Gasteiger partial charge >= 0.3 is 0 Å². The minimum Gasteiger partial charge on any atom is -0.234 e. The molecule has 0 saturated heterocycles. The summed E-state index contributed by atoms with van der Waals surface area (Å²) in [6.45, 7) is 0. The average molecular weight is 110 g/mol. The Balaban J connectivity index is 3.02. The van der Waals surface area contributed by atoms with Gasteiger partial charge in [0.15, 0.2) is 0 Å². The van der Waals surface area contributed by atoms with Crippen LogP contribution in [-0.2, 0) is 0 Å². The fraction of sp³-hybridized carbons (Fsp3) is 1.00. The minimum absolute atomic E-state index is 0.250. The van der Waals surface area contributed by atoms with Crippen molar-refractivity contribution in [2.75, 3.05) is 18.8 Å². The van der Waals surface area contributed by atoms with Crippen LogP contribution in [0, 0.1) is 0 Å². The standard InChI is InChI=1S/C3H11PS/c1-5(2,3)4/h4H2,1-3H3. The van der Waals surface area contributed by atoms with Gasteiger partial charge in [0.25, 0.3) is 0 Å². The molecule has 0 aliphatic rings. The van der Waals surface area contributed by atoms with E-state index >= 15 is 0 Å². The summed E-state index contributed by atoms with van der Waals surface area (Å²) in [7, 11) is 2.55. The van der Waals surface area contributed by atoms with Crippen molar-refractivity contribution in [3.63, 3.8) is 0 Å². The smallest absolute Gasteiger partial charge is 0.0319 e. The molecule has 0 heterocycles. The van der Waals surface area contributed by atoms with Gasteiger partial charge in [-0.1, -0.05) is 8.44 Å². The van der Waals surface area contributed by atoms with E-state index < -0.39 is 0 Å². The zero-order chi connectivity index (χ0) is 4.50. The van der Waals surface area contributed by atoms with Gasteiger partial charge < -0.3 is 0 Å². The third-order valence-electron chi connectivity index (χ3n) is 0. The van der Waals surface area contributed by atoms with Crippen LogP contribution < -0.4 is 0 Å². The lowest BCUT2D eigenvalue weighted by Gasteiger charge is -2.14. The molecule has 0 rings (SSSR count). The van der Waals surface area contributed by atoms with Crippen LogP contribution in [0.4, 0.5) is 0 Å². The van der Waals surface area contributed by atoms with Gasteiger partial charge in [-0.3, -0.25) is 0 Å². The summed E-state index contributed by atoms with van der Waals surface area (Å²) in [5.74, 6) is 0. The minimum atomic E-state index is -0.250. The Labute approximate surface area is 37.6 Å². The molecule has 0 amide bonds. The second-order valence-electron chi connectivity index (χ2n) is 1.93. The van der Waals surface area contributed by atoms with E-state index in [0.717, 1.165) is 0 Å². The molecule has 0 radical (unpaired) electrons. The second-order valence-corrected chi connectivity index (χ2v) is 10.0. The van der Waals surface area contributed by atoms with E-state index in [-0.39, 0.29) is 9.65 Å². The Kier molecular flexibility index (Phi) is 1.72. The molecule has 0 aromatic heterocycles. The fourth-order valence-corrected chi connectivity index (χ4v) is 0. The van der Waals surface area contributed by atoms with Crippen molar-refractivity contribution in [2.45, 2.75) is 0 Å². The van der Waals surface area contributed by atoms with E-state index in [2.05, 4.69) is 27.2 Å². The van der Waals surface area contributed by atoms with E-state index in [4.69, 9.17) is 0 Å². The normalized spacial score (nSPS) is 15.2. The predicted molar refractivity (Wildman–Crippen MR) is 35.1 cm³/mol. The molecule has 0 fully saturated rings. The lowest BCUT2D eigenvalue weighted by molar-refractivity contribution is 2.18. The second kappa shape index (κ2) is 1.49. The highest BCUT2D eigenvalue weighted by Crippen LogP contribution is 2.43. The molecule has 0 aromatic rings. The summed E-state index contributed by atoms with van der Waals surface area (Å²) in [5, 5.41) is 0. The lowest BCUT2D eigenvalue weighted by atomic mass is 11.9. The highest BCUT2D eigenvalue weighted by molar-refractivity contribution is 8.67. The van der Waals surface area contributed by atoms with E-state index in [9.17, 15) is 0 Å². The Bertz CT molecular complexity index is 22.4. The zero-order valence-electron chi connectivity index (χ0n) is 3.99. The maximum absolute atomic E-state index is 2.80. The zero-order valence-corrected chi connectivity index (χ0v) is 5.96. The van der Waals surface area contributed by atoms with Crippen LogP contribution in [0.5, 0.6) is 0 Å². The summed E-state index contributed by atoms with van der Waals surface area (Å²) in [6.07, 6.45) is 6.70. The molecule has 0 aromatic carbocycles. The number of rotatable bonds is 0. The van der Waals surface area contributed by atoms with Crippen molar-refractivity contribution in [2.24, 2.45) is 0 Å². The average Bonchev–Trinajstić information content (AvgIpc) is 0.722. The highest BCUT2D eigenvalue weighted by Gasteiger charge is 1.86. The van der Waals surface area contributed by atoms with Crippen LogP contribution in [0.25, 0.3) is 0 Å². The molecule has 2 heteroatoms. The molecule has 0 saturated carbocycles. The number of hydrogen-bond donors (Lipinski definition) is 0. The summed E-state index contributed by atoms with van der Waals surface area (Å²) in [5.41, 5.74) is 0. The van der Waals surface area contributed by atoms with Crippen molar-refractivity contribution in [1.82, 2.24) is 0 Å². The van der Waals surface area contributed by atoms with Gasteiger partial charge in [0.1, 0.15) is 0 Å². The third-order valence-corrected chi connectivity index (χ3v) is 0. The molecule has 0 aliphatic carbocycles.